The number of carbonyl (C=O) groups excluding carboxylic acids is 2. The highest BCUT2D eigenvalue weighted by Crippen LogP contribution is 2.40. The van der Waals surface area contributed by atoms with Crippen LogP contribution >= 0.6 is 11.3 Å². The molecule has 0 saturated carbocycles. The Morgan fingerprint density at radius 3 is 2.60 bits per heavy atom. The summed E-state index contributed by atoms with van der Waals surface area (Å²) in [6, 6.07) is 7.86. The van der Waals surface area contributed by atoms with Crippen LogP contribution in [0, 0.1) is 12.3 Å². The van der Waals surface area contributed by atoms with Crippen molar-refractivity contribution in [1.29, 1.82) is 0 Å². The van der Waals surface area contributed by atoms with Gasteiger partial charge in [-0.3, -0.25) is 9.59 Å². The van der Waals surface area contributed by atoms with Crippen LogP contribution in [0.4, 0.5) is 5.00 Å². The van der Waals surface area contributed by atoms with Gasteiger partial charge in [0.15, 0.2) is 11.5 Å². The van der Waals surface area contributed by atoms with Gasteiger partial charge in [-0.05, 0) is 49.1 Å². The van der Waals surface area contributed by atoms with Crippen molar-refractivity contribution in [2.75, 3.05) is 25.1 Å². The number of fused-ring (bicyclic) bond motifs is 1. The maximum Gasteiger partial charge on any atom is 0.264 e. The number of nitrogens with one attached hydrogen (secondary N) is 1. The SMILES string of the molecule is Cc1cc(NC(=O)C(C)(C)C)sc1C(=O)N1CCC[C@H]1c1ccc2c(c1)OCCO2. The first kappa shape index (κ1) is 20.7. The second-order valence-corrected chi connectivity index (χ2v) is 9.94. The Kier molecular flexibility index (Phi) is 5.49. The molecule has 30 heavy (non-hydrogen) atoms. The number of hydrogen-bond donors (Lipinski definition) is 1. The van der Waals surface area contributed by atoms with Gasteiger partial charge in [0, 0.05) is 12.0 Å². The zero-order valence-corrected chi connectivity index (χ0v) is 18.7. The lowest BCUT2D eigenvalue weighted by Gasteiger charge is -2.26. The second-order valence-electron chi connectivity index (χ2n) is 8.89. The van der Waals surface area contributed by atoms with Gasteiger partial charge >= 0.3 is 0 Å². The van der Waals surface area contributed by atoms with Gasteiger partial charge in [-0.25, -0.2) is 0 Å². The van der Waals surface area contributed by atoms with Gasteiger partial charge < -0.3 is 19.7 Å². The van der Waals surface area contributed by atoms with Crippen LogP contribution in [-0.4, -0.2) is 36.5 Å². The molecule has 1 saturated heterocycles. The summed E-state index contributed by atoms with van der Waals surface area (Å²) in [7, 11) is 0. The Morgan fingerprint density at radius 2 is 1.87 bits per heavy atom. The van der Waals surface area contributed by atoms with Crippen molar-refractivity contribution in [1.82, 2.24) is 4.90 Å². The largest absolute Gasteiger partial charge is 0.486 e. The summed E-state index contributed by atoms with van der Waals surface area (Å²) < 4.78 is 11.3. The molecule has 160 valence electrons. The van der Waals surface area contributed by atoms with Crippen LogP contribution in [0.5, 0.6) is 11.5 Å². The number of rotatable bonds is 3. The molecule has 3 heterocycles. The summed E-state index contributed by atoms with van der Waals surface area (Å²) >= 11 is 1.35. The fraction of sp³-hybridized carbons (Fsp3) is 0.478. The lowest BCUT2D eigenvalue weighted by Crippen LogP contribution is -2.30. The van der Waals surface area contributed by atoms with Crippen molar-refractivity contribution in [3.05, 3.63) is 40.3 Å². The van der Waals surface area contributed by atoms with Gasteiger partial charge in [-0.1, -0.05) is 26.8 Å². The lowest BCUT2D eigenvalue weighted by molar-refractivity contribution is -0.123. The van der Waals surface area contributed by atoms with Gasteiger partial charge in [-0.2, -0.15) is 0 Å². The van der Waals surface area contributed by atoms with Gasteiger partial charge in [-0.15, -0.1) is 11.3 Å². The van der Waals surface area contributed by atoms with Crippen molar-refractivity contribution < 1.29 is 19.1 Å². The monoisotopic (exact) mass is 428 g/mol. The maximum absolute atomic E-state index is 13.4. The first-order valence-electron chi connectivity index (χ1n) is 10.4. The zero-order chi connectivity index (χ0) is 21.5. The first-order valence-corrected chi connectivity index (χ1v) is 11.2. The molecule has 4 rings (SSSR count). The van der Waals surface area contributed by atoms with E-state index >= 15 is 0 Å². The molecule has 1 fully saturated rings. The Bertz CT molecular complexity index is 976. The Hall–Kier alpha value is -2.54. The molecular weight excluding hydrogens is 400 g/mol. The van der Waals surface area contributed by atoms with E-state index in [0.29, 0.717) is 23.1 Å². The predicted molar refractivity (Wildman–Crippen MR) is 118 cm³/mol. The van der Waals surface area contributed by atoms with Crippen molar-refractivity contribution in [2.24, 2.45) is 5.41 Å². The topological polar surface area (TPSA) is 67.9 Å². The van der Waals surface area contributed by atoms with Gasteiger partial charge in [0.05, 0.1) is 15.9 Å². The molecule has 2 amide bonds. The van der Waals surface area contributed by atoms with Crippen molar-refractivity contribution in [3.8, 4) is 11.5 Å². The summed E-state index contributed by atoms with van der Waals surface area (Å²) in [6.45, 7) is 9.36. The molecule has 0 spiro atoms. The van der Waals surface area contributed by atoms with Gasteiger partial charge in [0.2, 0.25) is 5.91 Å². The van der Waals surface area contributed by atoms with Crippen molar-refractivity contribution >= 4 is 28.2 Å². The zero-order valence-electron chi connectivity index (χ0n) is 17.9. The molecule has 0 radical (unpaired) electrons. The molecule has 2 aliphatic rings. The minimum Gasteiger partial charge on any atom is -0.486 e. The lowest BCUT2D eigenvalue weighted by atomic mass is 9.96. The quantitative estimate of drug-likeness (QED) is 0.763. The highest BCUT2D eigenvalue weighted by molar-refractivity contribution is 7.18. The van der Waals surface area contributed by atoms with Crippen molar-refractivity contribution in [3.63, 3.8) is 0 Å². The number of ether oxygens (including phenoxy) is 2. The number of amides is 2. The third-order valence-electron chi connectivity index (χ3n) is 5.49. The average Bonchev–Trinajstić information content (AvgIpc) is 3.33. The van der Waals surface area contributed by atoms with Crippen LogP contribution in [-0.2, 0) is 4.79 Å². The molecule has 6 nitrogen and oxygen atoms in total. The molecule has 0 aliphatic carbocycles. The van der Waals surface area contributed by atoms with E-state index in [1.54, 1.807) is 0 Å². The highest BCUT2D eigenvalue weighted by Gasteiger charge is 2.33. The Balaban J connectivity index is 1.55. The van der Waals surface area contributed by atoms with E-state index in [1.165, 1.54) is 11.3 Å². The summed E-state index contributed by atoms with van der Waals surface area (Å²) in [5, 5.41) is 3.66. The number of nitrogens with zero attached hydrogens (tertiary/aromatic N) is 1. The van der Waals surface area contributed by atoms with Crippen LogP contribution in [0.3, 0.4) is 0 Å². The molecule has 0 unspecified atom stereocenters. The number of anilines is 1. The van der Waals surface area contributed by atoms with E-state index in [1.807, 2.05) is 56.9 Å². The molecule has 2 aromatic rings. The second kappa shape index (κ2) is 7.95. The van der Waals surface area contributed by atoms with Crippen LogP contribution < -0.4 is 14.8 Å². The molecule has 1 N–H and O–H groups in total. The van der Waals surface area contributed by atoms with E-state index in [9.17, 15) is 9.59 Å². The molecular formula is C23H28N2O4S. The molecule has 2 aliphatic heterocycles. The van der Waals surface area contributed by atoms with Gasteiger partial charge in [0.1, 0.15) is 13.2 Å². The summed E-state index contributed by atoms with van der Waals surface area (Å²) in [5.41, 5.74) is 1.47. The first-order chi connectivity index (χ1) is 14.2. The van der Waals surface area contributed by atoms with Crippen LogP contribution in [0.1, 0.15) is 60.5 Å². The number of benzene rings is 1. The minimum atomic E-state index is -0.486. The number of likely N-dealkylation sites (tertiary alicyclic amines) is 1. The van der Waals surface area contributed by atoms with E-state index in [4.69, 9.17) is 9.47 Å². The van der Waals surface area contributed by atoms with Crippen molar-refractivity contribution in [2.45, 2.75) is 46.6 Å². The van der Waals surface area contributed by atoms with E-state index in [0.717, 1.165) is 42.0 Å². The highest BCUT2D eigenvalue weighted by atomic mass is 32.1. The molecule has 1 aromatic carbocycles. The fourth-order valence-electron chi connectivity index (χ4n) is 3.81. The fourth-order valence-corrected chi connectivity index (χ4v) is 4.83. The predicted octanol–water partition coefficient (Wildman–Crippen LogP) is 4.79. The molecule has 7 heteroatoms. The van der Waals surface area contributed by atoms with E-state index in [-0.39, 0.29) is 17.9 Å². The Labute approximate surface area is 181 Å². The summed E-state index contributed by atoms with van der Waals surface area (Å²) in [5.74, 6) is 1.47. The third kappa shape index (κ3) is 4.03. The Morgan fingerprint density at radius 1 is 1.13 bits per heavy atom. The summed E-state index contributed by atoms with van der Waals surface area (Å²) in [4.78, 5) is 28.3. The third-order valence-corrected chi connectivity index (χ3v) is 6.64. The average molecular weight is 429 g/mol. The summed E-state index contributed by atoms with van der Waals surface area (Å²) in [6.07, 6.45) is 1.88. The van der Waals surface area contributed by atoms with E-state index in [2.05, 4.69) is 5.32 Å². The van der Waals surface area contributed by atoms with E-state index < -0.39 is 5.41 Å². The molecule has 1 aromatic heterocycles. The minimum absolute atomic E-state index is 0.0162. The van der Waals surface area contributed by atoms with Crippen LogP contribution in [0.15, 0.2) is 24.3 Å². The number of aryl methyl sites for hydroxylation is 1. The van der Waals surface area contributed by atoms with Crippen LogP contribution in [0.25, 0.3) is 0 Å². The smallest absolute Gasteiger partial charge is 0.264 e. The van der Waals surface area contributed by atoms with Crippen LogP contribution in [0.2, 0.25) is 0 Å². The normalized spacial score (nSPS) is 18.4. The number of hydrogen-bond acceptors (Lipinski definition) is 5. The maximum atomic E-state index is 13.4. The molecule has 0 bridgehead atoms. The van der Waals surface area contributed by atoms with Gasteiger partial charge in [0.25, 0.3) is 5.91 Å². The molecule has 1 atom stereocenters. The standard InChI is InChI=1S/C23H28N2O4S/c1-14-12-19(24-22(27)23(2,3)4)30-20(14)21(26)25-9-5-6-16(25)15-7-8-17-18(13-15)29-11-10-28-17/h7-8,12-13,16H,5-6,9-11H2,1-4H3,(H,24,27)/t16-/m0/s1. The number of thiophene rings is 1. The number of carbonyl (C=O) groups is 2.